The molecule has 3 aromatic rings. The molecule has 0 radical (unpaired) electrons. The quantitative estimate of drug-likeness (QED) is 0.298. The van der Waals surface area contributed by atoms with Gasteiger partial charge in [-0.05, 0) is 42.3 Å². The van der Waals surface area contributed by atoms with Gasteiger partial charge in [0.25, 0.3) is 5.56 Å². The van der Waals surface area contributed by atoms with E-state index in [0.29, 0.717) is 22.5 Å². The summed E-state index contributed by atoms with van der Waals surface area (Å²) in [6.45, 7) is 2.93. The number of nitrogens with zero attached hydrogens (tertiary/aromatic N) is 2. The van der Waals surface area contributed by atoms with Crippen LogP contribution in [0, 0.1) is 0 Å². The molecule has 10 nitrogen and oxygen atoms in total. The first-order valence-electron chi connectivity index (χ1n) is 11.0. The highest BCUT2D eigenvalue weighted by molar-refractivity contribution is 5.97. The van der Waals surface area contributed by atoms with E-state index in [9.17, 15) is 29.4 Å². The second kappa shape index (κ2) is 7.88. The topological polar surface area (TPSA) is 148 Å². The number of aliphatic hydroxyl groups is 1. The molecule has 0 saturated carbocycles. The molecule has 2 aliphatic rings. The fraction of sp³-hybridized carbons (Fsp3) is 0.240. The normalized spacial score (nSPS) is 18.5. The number of ether oxygens (including phenoxy) is 1. The summed E-state index contributed by atoms with van der Waals surface area (Å²) in [5.41, 5.74) is 1.03. The molecule has 1 amide bonds. The van der Waals surface area contributed by atoms with Gasteiger partial charge >= 0.3 is 11.9 Å². The predicted octanol–water partition coefficient (Wildman–Crippen LogP) is 1.64. The van der Waals surface area contributed by atoms with Crippen LogP contribution in [0.2, 0.25) is 0 Å². The van der Waals surface area contributed by atoms with E-state index in [4.69, 9.17) is 9.72 Å². The average Bonchev–Trinajstić information content (AvgIpc) is 3.17. The number of carbonyl (C=O) groups is 3. The minimum absolute atomic E-state index is 0.0623. The van der Waals surface area contributed by atoms with Gasteiger partial charge in [0.1, 0.15) is 12.3 Å². The molecule has 3 N–H and O–H groups in total. The molecule has 0 saturated heterocycles. The van der Waals surface area contributed by atoms with Crippen LogP contribution >= 0.6 is 0 Å². The van der Waals surface area contributed by atoms with Crippen LogP contribution in [0.1, 0.15) is 42.5 Å². The Morgan fingerprint density at radius 1 is 1.26 bits per heavy atom. The molecule has 0 aliphatic carbocycles. The van der Waals surface area contributed by atoms with Crippen LogP contribution in [0.15, 0.2) is 40.8 Å². The number of hydrogen-bond acceptors (Lipinski definition) is 7. The van der Waals surface area contributed by atoms with Gasteiger partial charge in [0, 0.05) is 23.4 Å². The van der Waals surface area contributed by atoms with Crippen molar-refractivity contribution in [3.05, 3.63) is 68.6 Å². The van der Waals surface area contributed by atoms with E-state index >= 15 is 0 Å². The number of rotatable bonds is 4. The van der Waals surface area contributed by atoms with E-state index in [0.717, 1.165) is 10.9 Å². The highest BCUT2D eigenvalue weighted by atomic mass is 16.6. The number of aliphatic carboxylic acids is 1. The Morgan fingerprint density at radius 2 is 2.03 bits per heavy atom. The number of benzene rings is 1. The van der Waals surface area contributed by atoms with Crippen molar-refractivity contribution in [2.75, 3.05) is 0 Å². The molecule has 0 spiro atoms. The Labute approximate surface area is 198 Å². The van der Waals surface area contributed by atoms with Crippen LogP contribution in [0.25, 0.3) is 28.4 Å². The fourth-order valence-electron chi connectivity index (χ4n) is 4.60. The number of esters is 1. The predicted molar refractivity (Wildman–Crippen MR) is 124 cm³/mol. The summed E-state index contributed by atoms with van der Waals surface area (Å²) in [7, 11) is 0. The van der Waals surface area contributed by atoms with Crippen molar-refractivity contribution in [1.82, 2.24) is 14.9 Å². The molecule has 0 unspecified atom stereocenters. The number of hydrogen-bond donors (Lipinski definition) is 3. The molecule has 0 bridgehead atoms. The lowest BCUT2D eigenvalue weighted by atomic mass is 9.86. The van der Waals surface area contributed by atoms with Gasteiger partial charge in [-0.2, -0.15) is 0 Å². The zero-order valence-corrected chi connectivity index (χ0v) is 18.9. The number of carboxylic acids is 1. The molecule has 5 rings (SSSR count). The maximum absolute atomic E-state index is 13.2. The summed E-state index contributed by atoms with van der Waals surface area (Å²) in [6, 6.07) is 8.65. The van der Waals surface area contributed by atoms with Crippen molar-refractivity contribution in [3.8, 4) is 11.4 Å². The molecular weight excluding hydrogens is 454 g/mol. The Morgan fingerprint density at radius 3 is 2.71 bits per heavy atom. The van der Waals surface area contributed by atoms with Crippen LogP contribution in [-0.4, -0.2) is 37.6 Å². The van der Waals surface area contributed by atoms with Crippen molar-refractivity contribution >= 4 is 34.8 Å². The summed E-state index contributed by atoms with van der Waals surface area (Å²) in [5.74, 6) is -2.53. The van der Waals surface area contributed by atoms with Crippen molar-refractivity contribution in [1.29, 1.82) is 0 Å². The summed E-state index contributed by atoms with van der Waals surface area (Å²) in [4.78, 5) is 53.0. The van der Waals surface area contributed by atoms with Crippen molar-refractivity contribution in [2.45, 2.75) is 39.0 Å². The molecule has 178 valence electrons. The zero-order chi connectivity index (χ0) is 25.1. The number of amides is 1. The molecule has 0 fully saturated rings. The van der Waals surface area contributed by atoms with Crippen molar-refractivity contribution < 1.29 is 29.3 Å². The maximum atomic E-state index is 13.2. The van der Waals surface area contributed by atoms with Crippen LogP contribution in [-0.2, 0) is 37.9 Å². The summed E-state index contributed by atoms with van der Waals surface area (Å²) < 4.78 is 6.63. The number of carboxylic acid groups (broad SMARTS) is 1. The number of nitrogens with one attached hydrogen (secondary N) is 1. The lowest BCUT2D eigenvalue weighted by Crippen LogP contribution is -2.44. The summed E-state index contributed by atoms with van der Waals surface area (Å²) >= 11 is 0. The SMILES string of the molecule is CC[C@@]1(O)C(=O)OCc2c1cc1n(c2=O)Cc2cc3cc(/C=C(\NC(C)=O)C(=O)O)ccc3nc2-1. The third-order valence-corrected chi connectivity index (χ3v) is 6.38. The minimum atomic E-state index is -1.89. The molecule has 4 heterocycles. The van der Waals surface area contributed by atoms with Crippen LogP contribution in [0.4, 0.5) is 0 Å². The molecule has 1 aromatic carbocycles. The number of cyclic esters (lactones) is 1. The molecular formula is C25H21N3O7. The molecule has 2 aromatic heterocycles. The van der Waals surface area contributed by atoms with Gasteiger partial charge in [-0.25, -0.2) is 14.6 Å². The van der Waals surface area contributed by atoms with Crippen LogP contribution < -0.4 is 10.9 Å². The van der Waals surface area contributed by atoms with Gasteiger partial charge in [-0.15, -0.1) is 0 Å². The van der Waals surface area contributed by atoms with Gasteiger partial charge in [0.05, 0.1) is 29.0 Å². The van der Waals surface area contributed by atoms with Gasteiger partial charge in [0.2, 0.25) is 5.91 Å². The lowest BCUT2D eigenvalue weighted by Gasteiger charge is -2.31. The van der Waals surface area contributed by atoms with Gasteiger partial charge in [-0.1, -0.05) is 13.0 Å². The monoisotopic (exact) mass is 475 g/mol. The van der Waals surface area contributed by atoms with Crippen LogP contribution in [0.5, 0.6) is 0 Å². The Kier molecular flexibility index (Phi) is 5.06. The Hall–Kier alpha value is -4.31. The second-order valence-corrected chi connectivity index (χ2v) is 8.60. The fourth-order valence-corrected chi connectivity index (χ4v) is 4.60. The number of carbonyl (C=O) groups excluding carboxylic acids is 2. The van der Waals surface area contributed by atoms with E-state index in [1.807, 2.05) is 6.07 Å². The largest absolute Gasteiger partial charge is 0.477 e. The maximum Gasteiger partial charge on any atom is 0.352 e. The molecule has 2 aliphatic heterocycles. The van der Waals surface area contributed by atoms with E-state index in [2.05, 4.69) is 5.32 Å². The molecule has 1 atom stereocenters. The summed E-state index contributed by atoms with van der Waals surface area (Å²) in [6.07, 6.45) is 1.42. The third-order valence-electron chi connectivity index (χ3n) is 6.38. The smallest absolute Gasteiger partial charge is 0.352 e. The highest BCUT2D eigenvalue weighted by Crippen LogP contribution is 2.38. The van der Waals surface area contributed by atoms with Crippen LogP contribution in [0.3, 0.4) is 0 Å². The Balaban J connectivity index is 1.63. The third kappa shape index (κ3) is 3.50. The van der Waals surface area contributed by atoms with E-state index in [-0.39, 0.29) is 42.0 Å². The first kappa shape index (κ1) is 22.5. The lowest BCUT2D eigenvalue weighted by molar-refractivity contribution is -0.172. The first-order chi connectivity index (χ1) is 16.6. The standard InChI is InChI=1S/C25H21N3O7/c1-3-25(34)17-9-20-21-15(10-28(20)22(30)16(17)11-35-24(25)33)8-14-6-13(4-5-18(14)27-21)7-19(23(31)32)26-12(2)29/h4-9,34H,3,10-11H2,1-2H3,(H,26,29)(H,31,32)/b19-7-/t25-/m0/s1. The highest BCUT2D eigenvalue weighted by Gasteiger charge is 2.45. The number of pyridine rings is 2. The number of fused-ring (bicyclic) bond motifs is 5. The first-order valence-corrected chi connectivity index (χ1v) is 11.0. The zero-order valence-electron chi connectivity index (χ0n) is 18.9. The van der Waals surface area contributed by atoms with Gasteiger partial charge in [-0.3, -0.25) is 9.59 Å². The molecule has 35 heavy (non-hydrogen) atoms. The summed E-state index contributed by atoms with van der Waals surface area (Å²) in [5, 5.41) is 23.3. The van der Waals surface area contributed by atoms with Gasteiger partial charge in [0.15, 0.2) is 5.60 Å². The van der Waals surface area contributed by atoms with Crippen molar-refractivity contribution in [2.24, 2.45) is 0 Å². The second-order valence-electron chi connectivity index (χ2n) is 8.60. The van der Waals surface area contributed by atoms with Crippen molar-refractivity contribution in [3.63, 3.8) is 0 Å². The minimum Gasteiger partial charge on any atom is -0.477 e. The Bertz CT molecular complexity index is 1550. The average molecular weight is 475 g/mol. The van der Waals surface area contributed by atoms with E-state index in [1.54, 1.807) is 35.8 Å². The molecule has 10 heteroatoms. The van der Waals surface area contributed by atoms with E-state index in [1.165, 1.54) is 13.0 Å². The number of aromatic nitrogens is 2. The van der Waals surface area contributed by atoms with E-state index < -0.39 is 23.4 Å². The van der Waals surface area contributed by atoms with Gasteiger partial charge < -0.3 is 24.8 Å².